The van der Waals surface area contributed by atoms with Gasteiger partial charge in [-0.1, -0.05) is 12.2 Å². The number of benzene rings is 1. The van der Waals surface area contributed by atoms with Crippen molar-refractivity contribution in [3.63, 3.8) is 0 Å². The lowest BCUT2D eigenvalue weighted by atomic mass is 9.77. The third-order valence-electron chi connectivity index (χ3n) is 4.62. The van der Waals surface area contributed by atoms with Gasteiger partial charge < -0.3 is 13.9 Å². The number of ether oxygens (including phenoxy) is 2. The van der Waals surface area contributed by atoms with E-state index in [4.69, 9.17) is 13.9 Å². The molecule has 5 nitrogen and oxygen atoms in total. The van der Waals surface area contributed by atoms with Gasteiger partial charge in [0.25, 0.3) is 0 Å². The summed E-state index contributed by atoms with van der Waals surface area (Å²) >= 11 is 0. The minimum Gasteiger partial charge on any atom is -0.487 e. The number of hydrogen-bond acceptors (Lipinski definition) is 5. The van der Waals surface area contributed by atoms with Crippen molar-refractivity contribution in [3.8, 4) is 5.75 Å². The molecule has 0 N–H and O–H groups in total. The first-order valence-electron chi connectivity index (χ1n) is 8.37. The molecule has 2 atom stereocenters. The highest BCUT2D eigenvalue weighted by atomic mass is 16.6. The Hall–Kier alpha value is -2.56. The molecule has 1 aliphatic heterocycles. The predicted octanol–water partition coefficient (Wildman–Crippen LogP) is 4.15. The lowest BCUT2D eigenvalue weighted by Gasteiger charge is -2.44. The Balaban J connectivity index is 2.26. The predicted molar refractivity (Wildman–Crippen MR) is 94.6 cm³/mol. The maximum atomic E-state index is 11.8. The lowest BCUT2D eigenvalue weighted by Crippen LogP contribution is -2.45. The summed E-state index contributed by atoms with van der Waals surface area (Å²) in [5, 5.41) is 0.767. The highest BCUT2D eigenvalue weighted by Crippen LogP contribution is 2.49. The molecule has 0 bridgehead atoms. The van der Waals surface area contributed by atoms with Gasteiger partial charge in [0.1, 0.15) is 23.0 Å². The number of esters is 1. The van der Waals surface area contributed by atoms with Crippen molar-refractivity contribution in [2.45, 2.75) is 45.8 Å². The molecule has 0 spiro atoms. The summed E-state index contributed by atoms with van der Waals surface area (Å²) in [6, 6.07) is 6.75. The first-order valence-corrected chi connectivity index (χ1v) is 8.37. The van der Waals surface area contributed by atoms with Crippen LogP contribution < -0.4 is 10.4 Å². The van der Waals surface area contributed by atoms with Crippen LogP contribution in [-0.4, -0.2) is 11.6 Å². The standard InChI is InChI=1S/C20H22O5/c1-5-6-7-14-19(23-12(2)21)17-15(25-20(14,3)4)10-8-13-9-11-16(22)24-18(13)17/h5-6,8-11,14,19H,7H2,1-4H3/t14-,19-/m1/s1. The maximum Gasteiger partial charge on any atom is 0.336 e. The van der Waals surface area contributed by atoms with Crippen LogP contribution in [0.25, 0.3) is 11.0 Å². The Morgan fingerprint density at radius 1 is 1.28 bits per heavy atom. The van der Waals surface area contributed by atoms with Gasteiger partial charge in [-0.25, -0.2) is 4.79 Å². The highest BCUT2D eigenvalue weighted by molar-refractivity contribution is 5.83. The van der Waals surface area contributed by atoms with Gasteiger partial charge in [0.2, 0.25) is 0 Å². The third kappa shape index (κ3) is 3.18. The van der Waals surface area contributed by atoms with Gasteiger partial charge in [-0.15, -0.1) is 0 Å². The Morgan fingerprint density at radius 2 is 2.00 bits per heavy atom. The number of carbonyl (C=O) groups excluding carboxylic acids is 1. The van der Waals surface area contributed by atoms with Gasteiger partial charge in [0.05, 0.1) is 5.56 Å². The molecule has 5 heteroatoms. The van der Waals surface area contributed by atoms with Crippen LogP contribution >= 0.6 is 0 Å². The van der Waals surface area contributed by atoms with Crippen molar-refractivity contribution in [1.29, 1.82) is 0 Å². The van der Waals surface area contributed by atoms with Crippen molar-refractivity contribution < 1.29 is 18.7 Å². The normalized spacial score (nSPS) is 21.8. The molecule has 0 fully saturated rings. The second-order valence-electron chi connectivity index (χ2n) is 6.80. The summed E-state index contributed by atoms with van der Waals surface area (Å²) in [6.07, 6.45) is 4.11. The zero-order valence-corrected chi connectivity index (χ0v) is 14.9. The summed E-state index contributed by atoms with van der Waals surface area (Å²) in [6.45, 7) is 7.29. The summed E-state index contributed by atoms with van der Waals surface area (Å²) in [5.41, 5.74) is 0.0452. The lowest BCUT2D eigenvalue weighted by molar-refractivity contribution is -0.157. The Labute approximate surface area is 146 Å². The molecule has 25 heavy (non-hydrogen) atoms. The highest BCUT2D eigenvalue weighted by Gasteiger charge is 2.46. The number of allylic oxidation sites excluding steroid dienone is 2. The maximum absolute atomic E-state index is 11.8. The fourth-order valence-electron chi connectivity index (χ4n) is 3.43. The van der Waals surface area contributed by atoms with Crippen LogP contribution in [0.3, 0.4) is 0 Å². The van der Waals surface area contributed by atoms with E-state index in [1.807, 2.05) is 45.1 Å². The second-order valence-corrected chi connectivity index (χ2v) is 6.80. The number of hydrogen-bond donors (Lipinski definition) is 0. The van der Waals surface area contributed by atoms with Crippen LogP contribution in [0.15, 0.2) is 45.6 Å². The summed E-state index contributed by atoms with van der Waals surface area (Å²) in [7, 11) is 0. The smallest absolute Gasteiger partial charge is 0.336 e. The Morgan fingerprint density at radius 3 is 2.68 bits per heavy atom. The monoisotopic (exact) mass is 342 g/mol. The molecule has 1 aromatic heterocycles. The van der Waals surface area contributed by atoms with E-state index in [1.165, 1.54) is 13.0 Å². The van der Waals surface area contributed by atoms with Gasteiger partial charge in [-0.3, -0.25) is 4.79 Å². The van der Waals surface area contributed by atoms with Gasteiger partial charge >= 0.3 is 11.6 Å². The molecule has 3 rings (SSSR count). The molecule has 0 aliphatic carbocycles. The van der Waals surface area contributed by atoms with Gasteiger partial charge in [0.15, 0.2) is 0 Å². The molecular formula is C20H22O5. The van der Waals surface area contributed by atoms with E-state index in [9.17, 15) is 9.59 Å². The molecule has 0 saturated carbocycles. The third-order valence-corrected chi connectivity index (χ3v) is 4.62. The zero-order valence-electron chi connectivity index (χ0n) is 14.9. The topological polar surface area (TPSA) is 65.7 Å². The molecule has 1 aromatic carbocycles. The van der Waals surface area contributed by atoms with Crippen molar-refractivity contribution >= 4 is 16.9 Å². The van der Waals surface area contributed by atoms with Crippen LogP contribution in [0.2, 0.25) is 0 Å². The van der Waals surface area contributed by atoms with E-state index in [-0.39, 0.29) is 11.9 Å². The van der Waals surface area contributed by atoms with E-state index in [0.29, 0.717) is 23.3 Å². The second kappa shape index (κ2) is 6.39. The van der Waals surface area contributed by atoms with E-state index >= 15 is 0 Å². The fraction of sp³-hybridized carbons (Fsp3) is 0.400. The molecule has 0 amide bonds. The van der Waals surface area contributed by atoms with Crippen LogP contribution in [0, 0.1) is 5.92 Å². The molecule has 0 unspecified atom stereocenters. The van der Waals surface area contributed by atoms with Crippen molar-refractivity contribution in [2.24, 2.45) is 5.92 Å². The molecular weight excluding hydrogens is 320 g/mol. The van der Waals surface area contributed by atoms with Crippen molar-refractivity contribution in [1.82, 2.24) is 0 Å². The van der Waals surface area contributed by atoms with Crippen molar-refractivity contribution in [3.05, 3.63) is 52.4 Å². The fourth-order valence-corrected chi connectivity index (χ4v) is 3.43. The molecule has 0 saturated heterocycles. The van der Waals surface area contributed by atoms with Crippen LogP contribution in [-0.2, 0) is 9.53 Å². The molecule has 1 aliphatic rings. The van der Waals surface area contributed by atoms with E-state index < -0.39 is 17.3 Å². The van der Waals surface area contributed by atoms with Crippen LogP contribution in [0.1, 0.15) is 45.8 Å². The van der Waals surface area contributed by atoms with E-state index in [1.54, 1.807) is 6.07 Å². The van der Waals surface area contributed by atoms with Gasteiger partial charge in [0, 0.05) is 24.3 Å². The van der Waals surface area contributed by atoms with E-state index in [2.05, 4.69) is 0 Å². The molecule has 2 aromatic rings. The van der Waals surface area contributed by atoms with Crippen LogP contribution in [0.5, 0.6) is 5.75 Å². The Kier molecular flexibility index (Phi) is 4.41. The first kappa shape index (κ1) is 17.3. The average molecular weight is 342 g/mol. The van der Waals surface area contributed by atoms with Gasteiger partial charge in [-0.05, 0) is 45.4 Å². The van der Waals surface area contributed by atoms with E-state index in [0.717, 1.165) is 5.39 Å². The van der Waals surface area contributed by atoms with Gasteiger partial charge in [-0.2, -0.15) is 0 Å². The quantitative estimate of drug-likeness (QED) is 0.476. The van der Waals surface area contributed by atoms with Crippen LogP contribution in [0.4, 0.5) is 0 Å². The average Bonchev–Trinajstić information content (AvgIpc) is 2.52. The molecule has 132 valence electrons. The SMILES string of the molecule is CC=CC[C@@H]1[C@@H](OC(C)=O)c2c(ccc3ccc(=O)oc23)OC1(C)C. The Bertz CT molecular complexity index is 891. The molecule has 0 radical (unpaired) electrons. The number of fused-ring (bicyclic) bond motifs is 3. The first-order chi connectivity index (χ1) is 11.8. The minimum atomic E-state index is -0.554. The zero-order chi connectivity index (χ0) is 18.2. The number of rotatable bonds is 3. The molecule has 2 heterocycles. The largest absolute Gasteiger partial charge is 0.487 e. The van der Waals surface area contributed by atoms with Crippen molar-refractivity contribution in [2.75, 3.05) is 0 Å². The number of carbonyl (C=O) groups is 1. The minimum absolute atomic E-state index is 0.115. The summed E-state index contributed by atoms with van der Waals surface area (Å²) in [5.74, 6) is 0.0837. The summed E-state index contributed by atoms with van der Waals surface area (Å²) in [4.78, 5) is 23.5. The summed E-state index contributed by atoms with van der Waals surface area (Å²) < 4.78 is 17.3.